The Morgan fingerprint density at radius 3 is 2.88 bits per heavy atom. The first kappa shape index (κ1) is 20.9. The molecule has 1 aromatic rings. The predicted molar refractivity (Wildman–Crippen MR) is 108 cm³/mol. The number of carbonyl (C=O) groups excluding carboxylic acids is 1. The molecule has 1 heterocycles. The molecule has 1 amide bonds. The van der Waals surface area contributed by atoms with E-state index < -0.39 is 0 Å². The van der Waals surface area contributed by atoms with Gasteiger partial charge in [0.25, 0.3) is 0 Å². The molecule has 0 radical (unpaired) electrons. The van der Waals surface area contributed by atoms with Crippen molar-refractivity contribution in [3.63, 3.8) is 0 Å². The third-order valence-corrected chi connectivity index (χ3v) is 5.87. The monoisotopic (exact) mass is 380 g/mol. The Kier molecular flexibility index (Phi) is 8.59. The highest BCUT2D eigenvalue weighted by Crippen LogP contribution is 2.31. The molecule has 6 heteroatoms. The van der Waals surface area contributed by atoms with Gasteiger partial charge in [0.05, 0.1) is 7.11 Å². The summed E-state index contributed by atoms with van der Waals surface area (Å²) in [6.45, 7) is 5.64. The van der Waals surface area contributed by atoms with E-state index in [1.165, 1.54) is 0 Å². The first-order valence-corrected chi connectivity index (χ1v) is 10.8. The van der Waals surface area contributed by atoms with Crippen LogP contribution in [-0.4, -0.2) is 54.7 Å². The molecule has 1 fully saturated rings. The first-order chi connectivity index (χ1) is 12.6. The van der Waals surface area contributed by atoms with Gasteiger partial charge in [0.15, 0.2) is 0 Å². The lowest BCUT2D eigenvalue weighted by atomic mass is 9.81. The number of aromatic hydroxyl groups is 1. The zero-order chi connectivity index (χ0) is 18.9. The number of carbonyl (C=O) groups is 1. The molecule has 2 rings (SSSR count). The summed E-state index contributed by atoms with van der Waals surface area (Å²) in [5.41, 5.74) is 0.925. The zero-order valence-electron chi connectivity index (χ0n) is 16.2. The van der Waals surface area contributed by atoms with Crippen molar-refractivity contribution in [1.82, 2.24) is 10.2 Å². The van der Waals surface area contributed by atoms with Crippen LogP contribution in [0.15, 0.2) is 18.2 Å². The number of phenolic OH excluding ortho intramolecular Hbond substituents is 1. The Morgan fingerprint density at radius 1 is 1.42 bits per heavy atom. The van der Waals surface area contributed by atoms with Crippen LogP contribution in [0.5, 0.6) is 11.5 Å². The molecule has 0 saturated carbocycles. The van der Waals surface area contributed by atoms with Gasteiger partial charge in [0, 0.05) is 43.4 Å². The standard InChI is InChI=1S/C20H32N2O3S/c1-4-15-13-22(14-17-5-6-18(25-2)12-19(17)23)9-7-16(15)11-20(24)21-8-10-26-3/h5-6,12,15-16,23H,4,7-11,13-14H2,1-3H3,(H,21,24)/t15-,16-/m0/s1. The third-order valence-electron chi connectivity index (χ3n) is 5.26. The Labute approximate surface area is 161 Å². The fourth-order valence-electron chi connectivity index (χ4n) is 3.68. The van der Waals surface area contributed by atoms with Crippen molar-refractivity contribution < 1.29 is 14.6 Å². The van der Waals surface area contributed by atoms with Crippen molar-refractivity contribution in [2.24, 2.45) is 11.8 Å². The molecule has 1 saturated heterocycles. The predicted octanol–water partition coefficient (Wildman–Crippen LogP) is 3.12. The number of nitrogens with one attached hydrogen (secondary N) is 1. The van der Waals surface area contributed by atoms with Gasteiger partial charge in [-0.15, -0.1) is 0 Å². The molecule has 5 nitrogen and oxygen atoms in total. The Balaban J connectivity index is 1.87. The van der Waals surface area contributed by atoms with Crippen LogP contribution in [0, 0.1) is 11.8 Å². The number of nitrogens with zero attached hydrogens (tertiary/aromatic N) is 1. The maximum absolute atomic E-state index is 12.1. The molecular formula is C20H32N2O3S. The number of piperidine rings is 1. The molecule has 0 spiro atoms. The van der Waals surface area contributed by atoms with E-state index in [2.05, 4.69) is 23.4 Å². The van der Waals surface area contributed by atoms with Gasteiger partial charge >= 0.3 is 0 Å². The topological polar surface area (TPSA) is 61.8 Å². The SMILES string of the molecule is CC[C@H]1CN(Cc2ccc(OC)cc2O)CC[C@H]1CC(=O)NCCSC. The number of rotatable bonds is 9. The van der Waals surface area contributed by atoms with E-state index in [0.717, 1.165) is 50.3 Å². The van der Waals surface area contributed by atoms with Crippen molar-refractivity contribution in [1.29, 1.82) is 0 Å². The molecule has 0 bridgehead atoms. The van der Waals surface area contributed by atoms with Crippen LogP contribution in [0.2, 0.25) is 0 Å². The number of phenols is 1. The number of benzene rings is 1. The lowest BCUT2D eigenvalue weighted by molar-refractivity contribution is -0.122. The van der Waals surface area contributed by atoms with E-state index in [1.54, 1.807) is 24.9 Å². The van der Waals surface area contributed by atoms with Crippen molar-refractivity contribution in [3.8, 4) is 11.5 Å². The third kappa shape index (κ3) is 6.09. The number of thioether (sulfide) groups is 1. The molecule has 0 unspecified atom stereocenters. The maximum Gasteiger partial charge on any atom is 0.220 e. The number of likely N-dealkylation sites (tertiary alicyclic amines) is 1. The smallest absolute Gasteiger partial charge is 0.220 e. The first-order valence-electron chi connectivity index (χ1n) is 9.41. The second-order valence-corrected chi connectivity index (χ2v) is 7.98. The minimum Gasteiger partial charge on any atom is -0.507 e. The quantitative estimate of drug-likeness (QED) is 0.645. The zero-order valence-corrected chi connectivity index (χ0v) is 17.0. The minimum atomic E-state index is 0.184. The van der Waals surface area contributed by atoms with E-state index in [-0.39, 0.29) is 11.7 Å². The Hall–Kier alpha value is -1.40. The summed E-state index contributed by atoms with van der Waals surface area (Å²) in [5.74, 6) is 3.08. The van der Waals surface area contributed by atoms with Crippen molar-refractivity contribution >= 4 is 17.7 Å². The molecule has 1 aliphatic rings. The van der Waals surface area contributed by atoms with Gasteiger partial charge in [-0.2, -0.15) is 11.8 Å². The van der Waals surface area contributed by atoms with E-state index >= 15 is 0 Å². The van der Waals surface area contributed by atoms with Crippen LogP contribution in [0.3, 0.4) is 0 Å². The highest BCUT2D eigenvalue weighted by atomic mass is 32.2. The fourth-order valence-corrected chi connectivity index (χ4v) is 3.99. The molecular weight excluding hydrogens is 348 g/mol. The van der Waals surface area contributed by atoms with Crippen molar-refractivity contribution in [2.45, 2.75) is 32.7 Å². The van der Waals surface area contributed by atoms with Gasteiger partial charge in [-0.3, -0.25) is 9.69 Å². The Bertz CT molecular complexity index is 582. The molecule has 0 aliphatic carbocycles. The van der Waals surface area contributed by atoms with E-state index in [0.29, 0.717) is 24.0 Å². The van der Waals surface area contributed by atoms with Crippen LogP contribution in [-0.2, 0) is 11.3 Å². The lowest BCUT2D eigenvalue weighted by Crippen LogP contribution is -2.41. The van der Waals surface area contributed by atoms with E-state index in [9.17, 15) is 9.90 Å². The average molecular weight is 381 g/mol. The second-order valence-electron chi connectivity index (χ2n) is 6.99. The van der Waals surface area contributed by atoms with Gasteiger partial charge in [0.2, 0.25) is 5.91 Å². The summed E-state index contributed by atoms with van der Waals surface area (Å²) in [4.78, 5) is 14.5. The van der Waals surface area contributed by atoms with Crippen LogP contribution in [0.25, 0.3) is 0 Å². The highest BCUT2D eigenvalue weighted by molar-refractivity contribution is 7.98. The average Bonchev–Trinajstić information content (AvgIpc) is 2.64. The number of methoxy groups -OCH3 is 1. The van der Waals surface area contributed by atoms with Crippen LogP contribution >= 0.6 is 11.8 Å². The van der Waals surface area contributed by atoms with E-state index in [1.807, 2.05) is 12.1 Å². The summed E-state index contributed by atoms with van der Waals surface area (Å²) >= 11 is 1.75. The van der Waals surface area contributed by atoms with Crippen LogP contribution in [0.4, 0.5) is 0 Å². The summed E-state index contributed by atoms with van der Waals surface area (Å²) < 4.78 is 5.15. The van der Waals surface area contributed by atoms with Crippen LogP contribution < -0.4 is 10.1 Å². The minimum absolute atomic E-state index is 0.184. The van der Waals surface area contributed by atoms with Crippen molar-refractivity contribution in [3.05, 3.63) is 23.8 Å². The lowest BCUT2D eigenvalue weighted by Gasteiger charge is -2.38. The maximum atomic E-state index is 12.1. The summed E-state index contributed by atoms with van der Waals surface area (Å²) in [6.07, 6.45) is 4.79. The molecule has 1 aliphatic heterocycles. The fraction of sp³-hybridized carbons (Fsp3) is 0.650. The molecule has 2 N–H and O–H groups in total. The summed E-state index contributed by atoms with van der Waals surface area (Å²) in [5, 5.41) is 13.2. The van der Waals surface area contributed by atoms with Gasteiger partial charge < -0.3 is 15.2 Å². The molecule has 26 heavy (non-hydrogen) atoms. The van der Waals surface area contributed by atoms with E-state index in [4.69, 9.17) is 4.74 Å². The van der Waals surface area contributed by atoms with Crippen LogP contribution in [0.1, 0.15) is 31.7 Å². The summed E-state index contributed by atoms with van der Waals surface area (Å²) in [7, 11) is 1.60. The van der Waals surface area contributed by atoms with Gasteiger partial charge in [-0.1, -0.05) is 19.4 Å². The van der Waals surface area contributed by atoms with Gasteiger partial charge in [-0.25, -0.2) is 0 Å². The second kappa shape index (κ2) is 10.7. The largest absolute Gasteiger partial charge is 0.507 e. The highest BCUT2D eigenvalue weighted by Gasteiger charge is 2.29. The molecule has 146 valence electrons. The number of amides is 1. The Morgan fingerprint density at radius 2 is 2.23 bits per heavy atom. The number of ether oxygens (including phenoxy) is 1. The number of hydrogen-bond donors (Lipinski definition) is 2. The summed E-state index contributed by atoms with van der Waals surface area (Å²) in [6, 6.07) is 5.48. The molecule has 1 aromatic carbocycles. The molecule has 0 aromatic heterocycles. The normalized spacial score (nSPS) is 20.7. The number of hydrogen-bond acceptors (Lipinski definition) is 5. The van der Waals surface area contributed by atoms with Crippen molar-refractivity contribution in [2.75, 3.05) is 38.8 Å². The van der Waals surface area contributed by atoms with Gasteiger partial charge in [0.1, 0.15) is 11.5 Å². The van der Waals surface area contributed by atoms with Gasteiger partial charge in [-0.05, 0) is 37.1 Å². The molecule has 2 atom stereocenters.